The van der Waals surface area contributed by atoms with Crippen LogP contribution >= 0.6 is 0 Å². The quantitative estimate of drug-likeness (QED) is 0.540. The predicted molar refractivity (Wildman–Crippen MR) is 66.8 cm³/mol. The van der Waals surface area contributed by atoms with Gasteiger partial charge in [0.05, 0.1) is 0 Å². The summed E-state index contributed by atoms with van der Waals surface area (Å²) in [6, 6.07) is 0. The molecule has 2 aliphatic carbocycles. The van der Waals surface area contributed by atoms with E-state index in [9.17, 15) is 0 Å². The van der Waals surface area contributed by atoms with E-state index in [-0.39, 0.29) is 0 Å². The van der Waals surface area contributed by atoms with Gasteiger partial charge in [-0.3, -0.25) is 0 Å². The number of fused-ring (bicyclic) bond motifs is 1. The molecule has 1 fully saturated rings. The van der Waals surface area contributed by atoms with Crippen LogP contribution in [0.15, 0.2) is 11.1 Å². The van der Waals surface area contributed by atoms with Crippen LogP contribution < -0.4 is 0 Å². The van der Waals surface area contributed by atoms with Crippen molar-refractivity contribution in [3.63, 3.8) is 0 Å². The molecule has 0 N–H and O–H groups in total. The summed E-state index contributed by atoms with van der Waals surface area (Å²) in [5.74, 6) is 3.77. The summed E-state index contributed by atoms with van der Waals surface area (Å²) in [5, 5.41) is 0. The molecule has 0 saturated heterocycles. The Morgan fingerprint density at radius 2 is 1.87 bits per heavy atom. The maximum atomic E-state index is 2.44. The average Bonchev–Trinajstić information content (AvgIpc) is 2.17. The summed E-state index contributed by atoms with van der Waals surface area (Å²) < 4.78 is 0. The lowest BCUT2D eigenvalue weighted by molar-refractivity contribution is 0.189. The molecule has 0 unspecified atom stereocenters. The molecule has 0 heterocycles. The number of rotatable bonds is 1. The smallest absolute Gasteiger partial charge is 0.0167 e. The van der Waals surface area contributed by atoms with E-state index in [0.717, 1.165) is 23.7 Å². The zero-order valence-electron chi connectivity index (χ0n) is 10.8. The minimum atomic E-state index is 0.878. The molecule has 2 aliphatic rings. The normalized spacial score (nSPS) is 37.0. The molecule has 0 aliphatic heterocycles. The van der Waals surface area contributed by atoms with E-state index >= 15 is 0 Å². The molecule has 0 aromatic rings. The van der Waals surface area contributed by atoms with Gasteiger partial charge in [-0.25, -0.2) is 0 Å². The van der Waals surface area contributed by atoms with E-state index in [1.54, 1.807) is 5.57 Å². The maximum absolute atomic E-state index is 2.44. The van der Waals surface area contributed by atoms with Crippen molar-refractivity contribution in [1.82, 2.24) is 0 Å². The second-order valence-electron chi connectivity index (χ2n) is 6.24. The van der Waals surface area contributed by atoms with Gasteiger partial charge in [0.2, 0.25) is 0 Å². The van der Waals surface area contributed by atoms with Gasteiger partial charge in [-0.05, 0) is 62.7 Å². The summed E-state index contributed by atoms with van der Waals surface area (Å²) in [4.78, 5) is 0. The van der Waals surface area contributed by atoms with Gasteiger partial charge in [-0.15, -0.1) is 0 Å². The number of hydrogen-bond acceptors (Lipinski definition) is 0. The first-order valence-corrected chi connectivity index (χ1v) is 6.78. The SMILES string of the molecule is CC1=C2CC[C@@H](C)C[C@H]2[C@H](C(C)C)CC1. The van der Waals surface area contributed by atoms with Gasteiger partial charge in [-0.2, -0.15) is 0 Å². The molecule has 0 radical (unpaired) electrons. The van der Waals surface area contributed by atoms with Gasteiger partial charge < -0.3 is 0 Å². The lowest BCUT2D eigenvalue weighted by Gasteiger charge is -2.42. The van der Waals surface area contributed by atoms with Crippen molar-refractivity contribution in [3.05, 3.63) is 11.1 Å². The van der Waals surface area contributed by atoms with Gasteiger partial charge in [0.1, 0.15) is 0 Å². The minimum absolute atomic E-state index is 0.878. The Balaban J connectivity index is 2.22. The molecule has 0 aromatic carbocycles. The molecule has 0 amide bonds. The second kappa shape index (κ2) is 4.31. The van der Waals surface area contributed by atoms with Crippen molar-refractivity contribution < 1.29 is 0 Å². The van der Waals surface area contributed by atoms with Gasteiger partial charge in [0.25, 0.3) is 0 Å². The van der Waals surface area contributed by atoms with Crippen LogP contribution in [0.25, 0.3) is 0 Å². The third-order valence-corrected chi connectivity index (χ3v) is 4.78. The summed E-state index contributed by atoms with van der Waals surface area (Å²) >= 11 is 0. The molecule has 2 rings (SSSR count). The highest BCUT2D eigenvalue weighted by molar-refractivity contribution is 5.22. The number of allylic oxidation sites excluding steroid dienone is 2. The minimum Gasteiger partial charge on any atom is -0.0738 e. The summed E-state index contributed by atoms with van der Waals surface area (Å²) in [5.41, 5.74) is 3.60. The van der Waals surface area contributed by atoms with Gasteiger partial charge in [-0.1, -0.05) is 31.9 Å². The molecule has 0 nitrogen and oxygen atoms in total. The van der Waals surface area contributed by atoms with E-state index in [4.69, 9.17) is 0 Å². The largest absolute Gasteiger partial charge is 0.0738 e. The molecule has 0 spiro atoms. The monoisotopic (exact) mass is 206 g/mol. The van der Waals surface area contributed by atoms with Crippen LogP contribution in [-0.4, -0.2) is 0 Å². The first-order chi connectivity index (χ1) is 7.09. The lowest BCUT2D eigenvalue weighted by Crippen LogP contribution is -2.31. The fourth-order valence-corrected chi connectivity index (χ4v) is 3.79. The van der Waals surface area contributed by atoms with Crippen LogP contribution in [0.3, 0.4) is 0 Å². The van der Waals surface area contributed by atoms with E-state index < -0.39 is 0 Å². The molecule has 86 valence electrons. The Kier molecular flexibility index (Phi) is 3.23. The molecule has 0 heteroatoms. The molecule has 15 heavy (non-hydrogen) atoms. The Morgan fingerprint density at radius 1 is 1.13 bits per heavy atom. The first kappa shape index (κ1) is 11.2. The average molecular weight is 206 g/mol. The zero-order chi connectivity index (χ0) is 11.0. The van der Waals surface area contributed by atoms with Crippen molar-refractivity contribution in [1.29, 1.82) is 0 Å². The van der Waals surface area contributed by atoms with E-state index in [1.807, 2.05) is 5.57 Å². The summed E-state index contributed by atoms with van der Waals surface area (Å²) in [6.45, 7) is 9.66. The molecule has 1 saturated carbocycles. The molecular weight excluding hydrogens is 180 g/mol. The predicted octanol–water partition coefficient (Wildman–Crippen LogP) is 4.81. The summed E-state index contributed by atoms with van der Waals surface area (Å²) in [6.07, 6.45) is 7.14. The van der Waals surface area contributed by atoms with Crippen LogP contribution in [-0.2, 0) is 0 Å². The van der Waals surface area contributed by atoms with Crippen LogP contribution in [0.2, 0.25) is 0 Å². The van der Waals surface area contributed by atoms with E-state index in [1.165, 1.54) is 32.1 Å². The third-order valence-electron chi connectivity index (χ3n) is 4.78. The lowest BCUT2D eigenvalue weighted by atomic mass is 9.63. The summed E-state index contributed by atoms with van der Waals surface area (Å²) in [7, 11) is 0. The molecule has 0 bridgehead atoms. The fourth-order valence-electron chi connectivity index (χ4n) is 3.79. The van der Waals surface area contributed by atoms with Crippen LogP contribution in [0.4, 0.5) is 0 Å². The van der Waals surface area contributed by atoms with Crippen LogP contribution in [0, 0.1) is 23.7 Å². The van der Waals surface area contributed by atoms with E-state index in [2.05, 4.69) is 27.7 Å². The van der Waals surface area contributed by atoms with Gasteiger partial charge >= 0.3 is 0 Å². The first-order valence-electron chi connectivity index (χ1n) is 6.78. The highest BCUT2D eigenvalue weighted by atomic mass is 14.4. The van der Waals surface area contributed by atoms with Crippen molar-refractivity contribution in [2.75, 3.05) is 0 Å². The fraction of sp³-hybridized carbons (Fsp3) is 0.867. The van der Waals surface area contributed by atoms with Crippen LogP contribution in [0.5, 0.6) is 0 Å². The molecular formula is C15H26. The molecule has 3 atom stereocenters. The Hall–Kier alpha value is -0.260. The van der Waals surface area contributed by atoms with Gasteiger partial charge in [0, 0.05) is 0 Å². The zero-order valence-corrected chi connectivity index (χ0v) is 10.8. The maximum Gasteiger partial charge on any atom is -0.0167 e. The second-order valence-corrected chi connectivity index (χ2v) is 6.24. The molecule has 0 aromatic heterocycles. The highest BCUT2D eigenvalue weighted by Crippen LogP contribution is 2.47. The third kappa shape index (κ3) is 2.14. The highest BCUT2D eigenvalue weighted by Gasteiger charge is 2.35. The number of hydrogen-bond donors (Lipinski definition) is 0. The Bertz CT molecular complexity index is 259. The van der Waals surface area contributed by atoms with Crippen LogP contribution in [0.1, 0.15) is 59.8 Å². The Morgan fingerprint density at radius 3 is 2.53 bits per heavy atom. The van der Waals surface area contributed by atoms with Crippen molar-refractivity contribution in [2.24, 2.45) is 23.7 Å². The Labute approximate surface area is 95.1 Å². The van der Waals surface area contributed by atoms with Crippen molar-refractivity contribution in [3.8, 4) is 0 Å². The van der Waals surface area contributed by atoms with E-state index in [0.29, 0.717) is 0 Å². The standard InChI is InChI=1S/C15H26/c1-10(2)13-8-6-12(4)14-7-5-11(3)9-15(13)14/h10-11,13,15H,5-9H2,1-4H3/t11-,13+,15+/m1/s1. The topological polar surface area (TPSA) is 0 Å². The van der Waals surface area contributed by atoms with Gasteiger partial charge in [0.15, 0.2) is 0 Å². The van der Waals surface area contributed by atoms with Crippen molar-refractivity contribution >= 4 is 0 Å². The van der Waals surface area contributed by atoms with Crippen molar-refractivity contribution in [2.45, 2.75) is 59.8 Å².